The van der Waals surface area contributed by atoms with E-state index in [9.17, 15) is 4.79 Å². The van der Waals surface area contributed by atoms with Gasteiger partial charge >= 0.3 is 0 Å². The van der Waals surface area contributed by atoms with Gasteiger partial charge in [0.15, 0.2) is 0 Å². The number of pyridine rings is 1. The highest BCUT2D eigenvalue weighted by atomic mass is 16.4. The molecule has 1 aromatic carbocycles. The third kappa shape index (κ3) is 3.16. The molecular weight excluding hydrogens is 242 g/mol. The van der Waals surface area contributed by atoms with Crippen molar-refractivity contribution in [3.8, 4) is 0 Å². The number of hydrogen-bond donors (Lipinski definition) is 2. The summed E-state index contributed by atoms with van der Waals surface area (Å²) in [7, 11) is 0. The highest BCUT2D eigenvalue weighted by Gasteiger charge is 2.06. The van der Waals surface area contributed by atoms with E-state index >= 15 is 0 Å². The average molecular weight is 255 g/mol. The van der Waals surface area contributed by atoms with E-state index in [0.29, 0.717) is 17.0 Å². The standard InChI is InChI=1S/C14H13N3O2/c1-10(17-19)12-3-2-4-13(9-12)16-14(18)11-5-7-15-8-6-11/h2-9,19H,1H3,(H,16,18)/b17-10+. The lowest BCUT2D eigenvalue weighted by Gasteiger charge is -2.06. The molecular formula is C14H13N3O2. The first-order chi connectivity index (χ1) is 9.20. The van der Waals surface area contributed by atoms with Crippen LogP contribution in [0.25, 0.3) is 0 Å². The number of nitrogens with zero attached hydrogens (tertiary/aromatic N) is 2. The van der Waals surface area contributed by atoms with Crippen LogP contribution in [0.3, 0.4) is 0 Å². The van der Waals surface area contributed by atoms with Crippen LogP contribution in [0, 0.1) is 0 Å². The van der Waals surface area contributed by atoms with Crippen LogP contribution in [-0.4, -0.2) is 21.8 Å². The summed E-state index contributed by atoms with van der Waals surface area (Å²) in [5.74, 6) is -0.210. The van der Waals surface area contributed by atoms with Gasteiger partial charge in [0.1, 0.15) is 0 Å². The lowest BCUT2D eigenvalue weighted by Crippen LogP contribution is -2.12. The van der Waals surface area contributed by atoms with Crippen LogP contribution in [0.5, 0.6) is 0 Å². The largest absolute Gasteiger partial charge is 0.411 e. The molecule has 0 fully saturated rings. The molecule has 1 aromatic heterocycles. The van der Waals surface area contributed by atoms with Gasteiger partial charge in [-0.1, -0.05) is 17.3 Å². The van der Waals surface area contributed by atoms with Gasteiger partial charge in [-0.05, 0) is 31.2 Å². The molecule has 0 bridgehead atoms. The second kappa shape index (κ2) is 5.77. The Hall–Kier alpha value is -2.69. The molecule has 0 unspecified atom stereocenters. The molecule has 2 rings (SSSR count). The third-order valence-corrected chi connectivity index (χ3v) is 2.63. The van der Waals surface area contributed by atoms with Gasteiger partial charge in [-0.3, -0.25) is 9.78 Å². The van der Waals surface area contributed by atoms with Crippen molar-refractivity contribution in [1.82, 2.24) is 4.98 Å². The molecule has 2 aromatic rings. The topological polar surface area (TPSA) is 74.6 Å². The first-order valence-corrected chi connectivity index (χ1v) is 5.71. The van der Waals surface area contributed by atoms with E-state index in [1.165, 1.54) is 0 Å². The van der Waals surface area contributed by atoms with E-state index in [2.05, 4.69) is 15.5 Å². The van der Waals surface area contributed by atoms with E-state index < -0.39 is 0 Å². The van der Waals surface area contributed by atoms with Crippen LogP contribution in [-0.2, 0) is 0 Å². The Bertz CT molecular complexity index is 609. The van der Waals surface area contributed by atoms with Crippen LogP contribution in [0.1, 0.15) is 22.8 Å². The van der Waals surface area contributed by atoms with Crippen molar-refractivity contribution in [2.75, 3.05) is 5.32 Å². The Labute approximate surface area is 110 Å². The monoisotopic (exact) mass is 255 g/mol. The molecule has 96 valence electrons. The van der Waals surface area contributed by atoms with E-state index in [1.54, 1.807) is 55.7 Å². The molecule has 0 atom stereocenters. The number of rotatable bonds is 3. The second-order valence-electron chi connectivity index (χ2n) is 3.96. The normalized spacial score (nSPS) is 11.1. The van der Waals surface area contributed by atoms with E-state index in [-0.39, 0.29) is 5.91 Å². The number of nitrogens with one attached hydrogen (secondary N) is 1. The van der Waals surface area contributed by atoms with Crippen LogP contribution in [0.4, 0.5) is 5.69 Å². The average Bonchev–Trinajstić information content (AvgIpc) is 2.47. The predicted molar refractivity (Wildman–Crippen MR) is 72.6 cm³/mol. The first-order valence-electron chi connectivity index (χ1n) is 5.71. The highest BCUT2D eigenvalue weighted by Crippen LogP contribution is 2.13. The number of carbonyl (C=O) groups excluding carboxylic acids is 1. The summed E-state index contributed by atoms with van der Waals surface area (Å²) in [4.78, 5) is 15.8. The minimum Gasteiger partial charge on any atom is -0.411 e. The summed E-state index contributed by atoms with van der Waals surface area (Å²) in [6.07, 6.45) is 3.13. The van der Waals surface area contributed by atoms with Crippen molar-refractivity contribution in [1.29, 1.82) is 0 Å². The number of amides is 1. The maximum atomic E-state index is 11.9. The molecule has 0 spiro atoms. The van der Waals surface area contributed by atoms with Gasteiger partial charge < -0.3 is 10.5 Å². The summed E-state index contributed by atoms with van der Waals surface area (Å²) in [6.45, 7) is 1.68. The lowest BCUT2D eigenvalue weighted by molar-refractivity contribution is 0.102. The second-order valence-corrected chi connectivity index (χ2v) is 3.96. The quantitative estimate of drug-likeness (QED) is 0.502. The van der Waals surface area contributed by atoms with Gasteiger partial charge in [0.25, 0.3) is 5.91 Å². The summed E-state index contributed by atoms with van der Waals surface area (Å²) in [5, 5.41) is 14.6. The third-order valence-electron chi connectivity index (χ3n) is 2.63. The summed E-state index contributed by atoms with van der Waals surface area (Å²) < 4.78 is 0. The predicted octanol–water partition coefficient (Wildman–Crippen LogP) is 2.53. The van der Waals surface area contributed by atoms with Gasteiger partial charge in [0, 0.05) is 29.2 Å². The zero-order valence-corrected chi connectivity index (χ0v) is 10.4. The maximum absolute atomic E-state index is 11.9. The fraction of sp³-hybridized carbons (Fsp3) is 0.0714. The maximum Gasteiger partial charge on any atom is 0.255 e. The molecule has 0 saturated carbocycles. The van der Waals surface area contributed by atoms with Gasteiger partial charge in [-0.2, -0.15) is 0 Å². The molecule has 0 saturated heterocycles. The summed E-state index contributed by atoms with van der Waals surface area (Å²) in [5.41, 5.74) is 2.41. The fourth-order valence-electron chi connectivity index (χ4n) is 1.59. The van der Waals surface area contributed by atoms with Crippen molar-refractivity contribution >= 4 is 17.3 Å². The molecule has 19 heavy (non-hydrogen) atoms. The molecule has 2 N–H and O–H groups in total. The molecule has 0 aliphatic carbocycles. The number of hydrogen-bond acceptors (Lipinski definition) is 4. The van der Waals surface area contributed by atoms with Crippen molar-refractivity contribution in [2.24, 2.45) is 5.16 Å². The molecule has 1 heterocycles. The highest BCUT2D eigenvalue weighted by molar-refractivity contribution is 6.05. The van der Waals surface area contributed by atoms with Gasteiger partial charge in [-0.25, -0.2) is 0 Å². The Morgan fingerprint density at radius 3 is 2.63 bits per heavy atom. The van der Waals surface area contributed by atoms with Crippen molar-refractivity contribution in [3.05, 3.63) is 59.9 Å². The van der Waals surface area contributed by atoms with Crippen LogP contribution in [0.2, 0.25) is 0 Å². The number of carbonyl (C=O) groups is 1. The van der Waals surface area contributed by atoms with Crippen LogP contribution < -0.4 is 5.32 Å². The molecule has 0 aliphatic heterocycles. The first kappa shape index (κ1) is 12.8. The van der Waals surface area contributed by atoms with E-state index in [1.807, 2.05) is 0 Å². The molecule has 0 aliphatic rings. The summed E-state index contributed by atoms with van der Waals surface area (Å²) in [6, 6.07) is 10.4. The number of benzene rings is 1. The minimum absolute atomic E-state index is 0.210. The van der Waals surface area contributed by atoms with E-state index in [4.69, 9.17) is 5.21 Å². The smallest absolute Gasteiger partial charge is 0.255 e. The van der Waals surface area contributed by atoms with E-state index in [0.717, 1.165) is 5.56 Å². The van der Waals surface area contributed by atoms with Crippen molar-refractivity contribution < 1.29 is 10.0 Å². The molecule has 1 amide bonds. The van der Waals surface area contributed by atoms with Crippen LogP contribution in [0.15, 0.2) is 53.9 Å². The SMILES string of the molecule is C/C(=N\O)c1cccc(NC(=O)c2ccncc2)c1. The zero-order valence-electron chi connectivity index (χ0n) is 10.4. The Kier molecular flexibility index (Phi) is 3.87. The Balaban J connectivity index is 2.18. The van der Waals surface area contributed by atoms with Crippen LogP contribution >= 0.6 is 0 Å². The number of anilines is 1. The molecule has 5 heteroatoms. The fourth-order valence-corrected chi connectivity index (χ4v) is 1.59. The van der Waals surface area contributed by atoms with Crippen molar-refractivity contribution in [2.45, 2.75) is 6.92 Å². The van der Waals surface area contributed by atoms with Gasteiger partial charge in [-0.15, -0.1) is 0 Å². The molecule has 0 radical (unpaired) electrons. The number of oxime groups is 1. The number of aromatic nitrogens is 1. The Morgan fingerprint density at radius 2 is 1.95 bits per heavy atom. The molecule has 5 nitrogen and oxygen atoms in total. The Morgan fingerprint density at radius 1 is 1.21 bits per heavy atom. The zero-order chi connectivity index (χ0) is 13.7. The van der Waals surface area contributed by atoms with Crippen molar-refractivity contribution in [3.63, 3.8) is 0 Å². The van der Waals surface area contributed by atoms with Gasteiger partial charge in [0.05, 0.1) is 5.71 Å². The summed E-state index contributed by atoms with van der Waals surface area (Å²) >= 11 is 0. The minimum atomic E-state index is -0.210. The lowest BCUT2D eigenvalue weighted by atomic mass is 10.1. The van der Waals surface area contributed by atoms with Gasteiger partial charge in [0.2, 0.25) is 0 Å².